The van der Waals surface area contributed by atoms with Crippen LogP contribution in [0.3, 0.4) is 0 Å². The fourth-order valence-electron chi connectivity index (χ4n) is 3.06. The number of fused-ring (bicyclic) bond motifs is 1. The summed E-state index contributed by atoms with van der Waals surface area (Å²) in [6.45, 7) is 4.79. The molecule has 0 unspecified atom stereocenters. The Bertz CT molecular complexity index is 1120. The molecule has 0 fully saturated rings. The zero-order chi connectivity index (χ0) is 22.0. The Kier molecular flexibility index (Phi) is 6.10. The Balaban J connectivity index is 1.52. The van der Waals surface area contributed by atoms with E-state index in [0.29, 0.717) is 47.7 Å². The third kappa shape index (κ3) is 4.64. The lowest BCUT2D eigenvalue weighted by molar-refractivity contribution is -0.119. The number of methoxy groups -OCH3 is 1. The number of carbonyl (C=O) groups is 2. The topological polar surface area (TPSA) is 98.8 Å². The van der Waals surface area contributed by atoms with Gasteiger partial charge >= 0.3 is 0 Å². The molecule has 2 aromatic heterocycles. The summed E-state index contributed by atoms with van der Waals surface area (Å²) in [5, 5.41) is 6.15. The average Bonchev–Trinajstić information content (AvgIpc) is 3.37. The maximum Gasteiger partial charge on any atom is 0.257 e. The lowest BCUT2D eigenvalue weighted by atomic mass is 10.1. The Morgan fingerprint density at radius 1 is 1.19 bits per heavy atom. The molecular formula is C21H21N3O5S2. The highest BCUT2D eigenvalue weighted by atomic mass is 32.1. The molecular weight excluding hydrogens is 438 g/mol. The van der Waals surface area contributed by atoms with Gasteiger partial charge in [0.05, 0.1) is 24.2 Å². The molecule has 0 bridgehead atoms. The van der Waals surface area contributed by atoms with E-state index >= 15 is 0 Å². The van der Waals surface area contributed by atoms with E-state index in [-0.39, 0.29) is 11.8 Å². The zero-order valence-electron chi connectivity index (χ0n) is 17.2. The van der Waals surface area contributed by atoms with Gasteiger partial charge in [-0.2, -0.15) is 0 Å². The summed E-state index contributed by atoms with van der Waals surface area (Å²) in [6.07, 6.45) is 0. The number of ether oxygens (including phenoxy) is 3. The van der Waals surface area contributed by atoms with Crippen LogP contribution < -0.4 is 24.8 Å². The van der Waals surface area contributed by atoms with E-state index in [1.54, 1.807) is 23.5 Å². The van der Waals surface area contributed by atoms with Gasteiger partial charge in [0.2, 0.25) is 11.7 Å². The number of aromatic nitrogens is 1. The highest BCUT2D eigenvalue weighted by Crippen LogP contribution is 2.41. The number of amides is 2. The van der Waals surface area contributed by atoms with Gasteiger partial charge in [-0.25, -0.2) is 4.98 Å². The fourth-order valence-corrected chi connectivity index (χ4v) is 4.95. The van der Waals surface area contributed by atoms with Gasteiger partial charge in [-0.1, -0.05) is 0 Å². The lowest BCUT2D eigenvalue weighted by Crippen LogP contribution is -2.18. The first-order valence-corrected chi connectivity index (χ1v) is 11.2. The molecule has 3 heterocycles. The minimum absolute atomic E-state index is 0.0689. The highest BCUT2D eigenvalue weighted by molar-refractivity contribution is 7.18. The summed E-state index contributed by atoms with van der Waals surface area (Å²) in [5.74, 6) is 1.06. The van der Waals surface area contributed by atoms with E-state index in [1.807, 2.05) is 19.1 Å². The summed E-state index contributed by atoms with van der Waals surface area (Å²) in [5.41, 5.74) is 1.21. The molecule has 2 amide bonds. The van der Waals surface area contributed by atoms with Crippen molar-refractivity contribution < 1.29 is 23.8 Å². The molecule has 1 aromatic carbocycles. The van der Waals surface area contributed by atoms with E-state index in [4.69, 9.17) is 14.2 Å². The Hall–Kier alpha value is -3.11. The van der Waals surface area contributed by atoms with Gasteiger partial charge in [-0.05, 0) is 31.2 Å². The fraction of sp³-hybridized carbons (Fsp3) is 0.286. The molecule has 1 aliphatic rings. The quantitative estimate of drug-likeness (QED) is 0.581. The largest absolute Gasteiger partial charge is 0.493 e. The maximum absolute atomic E-state index is 12.8. The first-order chi connectivity index (χ1) is 14.9. The van der Waals surface area contributed by atoms with Crippen LogP contribution in [0.4, 0.5) is 5.13 Å². The first-order valence-electron chi connectivity index (χ1n) is 9.54. The van der Waals surface area contributed by atoms with Crippen LogP contribution in [0.25, 0.3) is 10.6 Å². The van der Waals surface area contributed by atoms with Crippen molar-refractivity contribution >= 4 is 39.6 Å². The third-order valence-electron chi connectivity index (χ3n) is 4.51. The first kappa shape index (κ1) is 21.1. The number of nitrogens with one attached hydrogen (secondary N) is 2. The van der Waals surface area contributed by atoms with E-state index in [9.17, 15) is 9.59 Å². The van der Waals surface area contributed by atoms with E-state index < -0.39 is 0 Å². The van der Waals surface area contributed by atoms with Crippen molar-refractivity contribution in [3.05, 3.63) is 39.6 Å². The van der Waals surface area contributed by atoms with Crippen LogP contribution in [0, 0.1) is 6.92 Å². The molecule has 0 saturated carbocycles. The Morgan fingerprint density at radius 3 is 2.77 bits per heavy atom. The van der Waals surface area contributed by atoms with E-state index in [2.05, 4.69) is 15.6 Å². The Morgan fingerprint density at radius 2 is 2.00 bits per heavy atom. The van der Waals surface area contributed by atoms with Gasteiger partial charge < -0.3 is 19.5 Å². The van der Waals surface area contributed by atoms with Crippen LogP contribution in [0.2, 0.25) is 0 Å². The monoisotopic (exact) mass is 459 g/mol. The van der Waals surface area contributed by atoms with Gasteiger partial charge in [0, 0.05) is 22.2 Å². The van der Waals surface area contributed by atoms with Crippen LogP contribution in [-0.4, -0.2) is 37.1 Å². The van der Waals surface area contributed by atoms with Crippen LogP contribution in [-0.2, 0) is 11.3 Å². The van der Waals surface area contributed by atoms with Crippen LogP contribution in [0.1, 0.15) is 27.0 Å². The van der Waals surface area contributed by atoms with Crippen molar-refractivity contribution in [1.82, 2.24) is 10.3 Å². The molecule has 3 aromatic rings. The van der Waals surface area contributed by atoms with Crippen molar-refractivity contribution in [1.29, 1.82) is 0 Å². The number of rotatable bonds is 6. The molecule has 0 aliphatic carbocycles. The summed E-state index contributed by atoms with van der Waals surface area (Å²) >= 11 is 2.97. The van der Waals surface area contributed by atoms with Gasteiger partial charge in [0.25, 0.3) is 5.91 Å². The van der Waals surface area contributed by atoms with Crippen molar-refractivity contribution in [2.75, 3.05) is 25.6 Å². The van der Waals surface area contributed by atoms with Gasteiger partial charge in [-0.3, -0.25) is 14.9 Å². The van der Waals surface area contributed by atoms with Crippen LogP contribution in [0.15, 0.2) is 24.3 Å². The summed E-state index contributed by atoms with van der Waals surface area (Å²) in [4.78, 5) is 31.6. The van der Waals surface area contributed by atoms with Crippen molar-refractivity contribution in [2.45, 2.75) is 20.4 Å². The van der Waals surface area contributed by atoms with Gasteiger partial charge in [0.15, 0.2) is 16.6 Å². The molecule has 31 heavy (non-hydrogen) atoms. The summed E-state index contributed by atoms with van der Waals surface area (Å²) in [6, 6.07) is 7.20. The van der Waals surface area contributed by atoms with Crippen molar-refractivity contribution in [2.24, 2.45) is 0 Å². The number of hydrogen-bond acceptors (Lipinski definition) is 8. The average molecular weight is 460 g/mol. The minimum Gasteiger partial charge on any atom is -0.493 e. The number of benzene rings is 1. The summed E-state index contributed by atoms with van der Waals surface area (Å²) < 4.78 is 16.5. The normalized spacial score (nSPS) is 12.4. The minimum atomic E-state index is -0.312. The molecule has 1 aliphatic heterocycles. The molecule has 0 saturated heterocycles. The molecule has 162 valence electrons. The van der Waals surface area contributed by atoms with E-state index in [0.717, 1.165) is 20.3 Å². The SMILES string of the molecule is COc1cc(C(=O)Nc2nc(-c3ccc(CNC(C)=O)s3)c(C)s2)cc2c1OCCO2. The number of anilines is 1. The molecule has 8 nitrogen and oxygen atoms in total. The predicted molar refractivity (Wildman–Crippen MR) is 120 cm³/mol. The Labute approximate surface area is 187 Å². The molecule has 0 radical (unpaired) electrons. The maximum atomic E-state index is 12.8. The smallest absolute Gasteiger partial charge is 0.257 e. The number of hydrogen-bond donors (Lipinski definition) is 2. The number of carbonyl (C=O) groups excluding carboxylic acids is 2. The lowest BCUT2D eigenvalue weighted by Gasteiger charge is -2.21. The number of thiazole rings is 1. The van der Waals surface area contributed by atoms with E-state index in [1.165, 1.54) is 25.4 Å². The second-order valence-corrected chi connectivity index (χ2v) is 9.13. The molecule has 0 atom stereocenters. The molecule has 4 rings (SSSR count). The van der Waals surface area contributed by atoms with Crippen molar-refractivity contribution in [3.8, 4) is 27.8 Å². The van der Waals surface area contributed by atoms with Gasteiger partial charge in [0.1, 0.15) is 13.2 Å². The van der Waals surface area contributed by atoms with Crippen LogP contribution >= 0.6 is 22.7 Å². The number of aryl methyl sites for hydroxylation is 1. The standard InChI is InChI=1S/C21H21N3O5S2/c1-11-18(17-5-4-14(31-17)10-22-12(2)25)23-21(30-11)24-20(26)13-8-15(27-3)19-16(9-13)28-6-7-29-19/h4-5,8-9H,6-7,10H2,1-3H3,(H,22,25)(H,23,24,26). The predicted octanol–water partition coefficient (Wildman–Crippen LogP) is 3.85. The molecule has 2 N–H and O–H groups in total. The number of thiophene rings is 1. The zero-order valence-corrected chi connectivity index (χ0v) is 18.9. The summed E-state index contributed by atoms with van der Waals surface area (Å²) in [7, 11) is 1.52. The number of nitrogens with zero attached hydrogens (tertiary/aromatic N) is 1. The third-order valence-corrected chi connectivity index (χ3v) is 6.49. The highest BCUT2D eigenvalue weighted by Gasteiger charge is 2.22. The second-order valence-electron chi connectivity index (χ2n) is 6.76. The molecule has 10 heteroatoms. The second kappa shape index (κ2) is 8.94. The van der Waals surface area contributed by atoms with Crippen LogP contribution in [0.5, 0.6) is 17.2 Å². The van der Waals surface area contributed by atoms with Crippen molar-refractivity contribution in [3.63, 3.8) is 0 Å². The molecule has 0 spiro atoms. The van der Waals surface area contributed by atoms with Gasteiger partial charge in [-0.15, -0.1) is 22.7 Å².